The van der Waals surface area contributed by atoms with Crippen LogP contribution in [0.3, 0.4) is 0 Å². The van der Waals surface area contributed by atoms with Gasteiger partial charge in [-0.15, -0.1) is 0 Å². The minimum Gasteiger partial charge on any atom is -0.464 e. The molecule has 0 fully saturated rings. The van der Waals surface area contributed by atoms with Gasteiger partial charge in [0.2, 0.25) is 0 Å². The Morgan fingerprint density at radius 2 is 2.00 bits per heavy atom. The van der Waals surface area contributed by atoms with Gasteiger partial charge in [0.05, 0.1) is 13.7 Å². The van der Waals surface area contributed by atoms with E-state index in [4.69, 9.17) is 4.74 Å². The number of aromatic nitrogens is 1. The molecule has 1 rings (SSSR count). The van der Waals surface area contributed by atoms with Crippen molar-refractivity contribution in [3.05, 3.63) is 10.6 Å². The lowest BCUT2D eigenvalue weighted by Gasteiger charge is -2.25. The maximum absolute atomic E-state index is 11.7. The van der Waals surface area contributed by atoms with E-state index in [-0.39, 0.29) is 17.5 Å². The largest absolute Gasteiger partial charge is 0.464 e. The van der Waals surface area contributed by atoms with Gasteiger partial charge in [-0.3, -0.25) is 4.79 Å². The summed E-state index contributed by atoms with van der Waals surface area (Å²) < 4.78 is 9.75. The van der Waals surface area contributed by atoms with Crippen LogP contribution in [0.4, 0.5) is 5.13 Å². The van der Waals surface area contributed by atoms with E-state index in [1.165, 1.54) is 25.4 Å². The summed E-state index contributed by atoms with van der Waals surface area (Å²) in [6.07, 6.45) is 0. The fourth-order valence-electron chi connectivity index (χ4n) is 1.67. The number of rotatable bonds is 7. The number of hydrogen-bond acceptors (Lipinski definition) is 7. The van der Waals surface area contributed by atoms with Crippen LogP contribution in [-0.4, -0.2) is 50.1 Å². The normalized spacial score (nSPS) is 10.7. The Labute approximate surface area is 122 Å². The maximum atomic E-state index is 11.7. The predicted octanol–water partition coefficient (Wildman–Crippen LogP) is 1.99. The molecule has 0 unspecified atom stereocenters. The quantitative estimate of drug-likeness (QED) is 0.566. The van der Waals surface area contributed by atoms with E-state index in [9.17, 15) is 9.59 Å². The second kappa shape index (κ2) is 7.35. The highest BCUT2D eigenvalue weighted by Crippen LogP contribution is 2.28. The summed E-state index contributed by atoms with van der Waals surface area (Å²) in [6.45, 7) is 6.63. The van der Waals surface area contributed by atoms with Gasteiger partial charge in [0.15, 0.2) is 16.6 Å². The molecule has 0 radical (unpaired) electrons. The Kier molecular flexibility index (Phi) is 6.09. The fraction of sp³-hybridized carbons (Fsp3) is 0.615. The van der Waals surface area contributed by atoms with Crippen molar-refractivity contribution in [3.8, 4) is 0 Å². The first-order chi connectivity index (χ1) is 9.42. The average molecular weight is 300 g/mol. The standard InChI is InChI=1S/C13H20N2O4S/c1-8(2)15(6-7-18-4)13-14-10(12(17)19-5)11(20-13)9(3)16/h8H,6-7H2,1-5H3. The Balaban J connectivity index is 3.16. The summed E-state index contributed by atoms with van der Waals surface area (Å²) in [5.74, 6) is -0.780. The van der Waals surface area contributed by atoms with Gasteiger partial charge in [-0.2, -0.15) is 0 Å². The molecule has 0 aliphatic heterocycles. The lowest BCUT2D eigenvalue weighted by Crippen LogP contribution is -2.33. The molecule has 0 saturated heterocycles. The van der Waals surface area contributed by atoms with Crippen molar-refractivity contribution in [1.82, 2.24) is 4.98 Å². The van der Waals surface area contributed by atoms with E-state index in [2.05, 4.69) is 9.72 Å². The van der Waals surface area contributed by atoms with Crippen molar-refractivity contribution in [2.24, 2.45) is 0 Å². The number of methoxy groups -OCH3 is 2. The van der Waals surface area contributed by atoms with Gasteiger partial charge in [-0.1, -0.05) is 11.3 Å². The molecule has 0 aromatic carbocycles. The second-order valence-electron chi connectivity index (χ2n) is 4.50. The first kappa shape index (κ1) is 16.6. The van der Waals surface area contributed by atoms with Crippen LogP contribution in [0.5, 0.6) is 0 Å². The van der Waals surface area contributed by atoms with E-state index in [0.717, 1.165) is 0 Å². The van der Waals surface area contributed by atoms with Crippen LogP contribution in [-0.2, 0) is 9.47 Å². The van der Waals surface area contributed by atoms with Crippen molar-refractivity contribution in [3.63, 3.8) is 0 Å². The Morgan fingerprint density at radius 3 is 2.45 bits per heavy atom. The number of esters is 1. The smallest absolute Gasteiger partial charge is 0.358 e. The van der Waals surface area contributed by atoms with Gasteiger partial charge in [0.25, 0.3) is 0 Å². The van der Waals surface area contributed by atoms with Gasteiger partial charge in [0, 0.05) is 26.6 Å². The summed E-state index contributed by atoms with van der Waals surface area (Å²) in [4.78, 5) is 29.9. The second-order valence-corrected chi connectivity index (χ2v) is 5.48. The third kappa shape index (κ3) is 3.77. The SMILES string of the molecule is COCCN(c1nc(C(=O)OC)c(C(C)=O)s1)C(C)C. The topological polar surface area (TPSA) is 68.7 Å². The Bertz CT molecular complexity index is 485. The maximum Gasteiger partial charge on any atom is 0.358 e. The molecule has 20 heavy (non-hydrogen) atoms. The Morgan fingerprint density at radius 1 is 1.35 bits per heavy atom. The summed E-state index contributed by atoms with van der Waals surface area (Å²) in [5.41, 5.74) is 0.0862. The van der Waals surface area contributed by atoms with Crippen molar-refractivity contribution >= 4 is 28.2 Å². The Hall–Kier alpha value is -1.47. The molecule has 1 aromatic heterocycles. The first-order valence-electron chi connectivity index (χ1n) is 6.28. The van der Waals surface area contributed by atoms with E-state index in [0.29, 0.717) is 23.2 Å². The van der Waals surface area contributed by atoms with E-state index < -0.39 is 5.97 Å². The van der Waals surface area contributed by atoms with Crippen LogP contribution in [0.25, 0.3) is 0 Å². The summed E-state index contributed by atoms with van der Waals surface area (Å²) >= 11 is 1.21. The first-order valence-corrected chi connectivity index (χ1v) is 7.09. The van der Waals surface area contributed by atoms with E-state index >= 15 is 0 Å². The van der Waals surface area contributed by atoms with Crippen molar-refractivity contribution in [2.45, 2.75) is 26.8 Å². The molecule has 112 valence electrons. The van der Waals surface area contributed by atoms with Crippen molar-refractivity contribution in [1.29, 1.82) is 0 Å². The van der Waals surface area contributed by atoms with E-state index in [1.54, 1.807) is 7.11 Å². The van der Waals surface area contributed by atoms with Crippen LogP contribution < -0.4 is 4.90 Å². The zero-order valence-corrected chi connectivity index (χ0v) is 13.2. The van der Waals surface area contributed by atoms with Crippen molar-refractivity contribution < 1.29 is 19.1 Å². The zero-order valence-electron chi connectivity index (χ0n) is 12.4. The number of ketones is 1. The monoisotopic (exact) mass is 300 g/mol. The fourth-order valence-corrected chi connectivity index (χ4v) is 2.78. The number of hydrogen-bond donors (Lipinski definition) is 0. The molecule has 0 N–H and O–H groups in total. The number of ether oxygens (including phenoxy) is 2. The van der Waals surface area contributed by atoms with Crippen LogP contribution in [0.15, 0.2) is 0 Å². The molecular weight excluding hydrogens is 280 g/mol. The molecule has 0 bridgehead atoms. The minimum atomic E-state index is -0.590. The van der Waals surface area contributed by atoms with Crippen LogP contribution in [0, 0.1) is 0 Å². The predicted molar refractivity (Wildman–Crippen MR) is 77.8 cm³/mol. The average Bonchev–Trinajstić information content (AvgIpc) is 2.83. The molecule has 1 aromatic rings. The molecule has 7 heteroatoms. The molecule has 6 nitrogen and oxygen atoms in total. The lowest BCUT2D eigenvalue weighted by atomic mass is 10.3. The molecule has 0 atom stereocenters. The zero-order chi connectivity index (χ0) is 15.3. The highest BCUT2D eigenvalue weighted by molar-refractivity contribution is 7.17. The summed E-state index contributed by atoms with van der Waals surface area (Å²) in [7, 11) is 2.90. The number of anilines is 1. The molecule has 0 saturated carbocycles. The molecule has 0 aliphatic rings. The number of Topliss-reactive ketones (excluding diaryl/α,β-unsaturated/α-hetero) is 1. The van der Waals surface area contributed by atoms with Gasteiger partial charge in [-0.05, 0) is 13.8 Å². The van der Waals surface area contributed by atoms with Gasteiger partial charge < -0.3 is 14.4 Å². The number of nitrogens with zero attached hydrogens (tertiary/aromatic N) is 2. The van der Waals surface area contributed by atoms with Crippen LogP contribution in [0.1, 0.15) is 40.9 Å². The third-order valence-corrected chi connectivity index (χ3v) is 3.91. The van der Waals surface area contributed by atoms with Crippen LogP contribution >= 0.6 is 11.3 Å². The molecule has 0 amide bonds. The minimum absolute atomic E-state index is 0.0862. The lowest BCUT2D eigenvalue weighted by molar-refractivity contribution is 0.0591. The van der Waals surface area contributed by atoms with Crippen molar-refractivity contribution in [2.75, 3.05) is 32.3 Å². The molecule has 1 heterocycles. The number of carbonyl (C=O) groups is 2. The van der Waals surface area contributed by atoms with Gasteiger partial charge >= 0.3 is 5.97 Å². The number of thiazole rings is 1. The summed E-state index contributed by atoms with van der Waals surface area (Å²) in [5, 5.41) is 0.627. The number of carbonyl (C=O) groups excluding carboxylic acids is 2. The summed E-state index contributed by atoms with van der Waals surface area (Å²) in [6, 6.07) is 0.182. The van der Waals surface area contributed by atoms with Crippen LogP contribution in [0.2, 0.25) is 0 Å². The molecule has 0 spiro atoms. The molecule has 0 aliphatic carbocycles. The molecular formula is C13H20N2O4S. The van der Waals surface area contributed by atoms with E-state index in [1.807, 2.05) is 18.7 Å². The third-order valence-electron chi connectivity index (χ3n) is 2.72. The highest BCUT2D eigenvalue weighted by Gasteiger charge is 2.25. The van der Waals surface area contributed by atoms with Gasteiger partial charge in [0.1, 0.15) is 4.88 Å². The van der Waals surface area contributed by atoms with Gasteiger partial charge in [-0.25, -0.2) is 9.78 Å². The highest BCUT2D eigenvalue weighted by atomic mass is 32.1.